The first kappa shape index (κ1) is 63.4. The van der Waals surface area contributed by atoms with Gasteiger partial charge in [-0.3, -0.25) is 48.3 Å². The number of aromatic nitrogens is 2. The van der Waals surface area contributed by atoms with E-state index in [1.807, 2.05) is 0 Å². The number of benzene rings is 2. The number of hydrogen-bond acceptors (Lipinski definition) is 14. The Kier molecular flexibility index (Phi) is 26.2. The van der Waals surface area contributed by atoms with E-state index in [-0.39, 0.29) is 63.3 Å². The van der Waals surface area contributed by atoms with Crippen molar-refractivity contribution in [3.63, 3.8) is 0 Å². The molecule has 4 rings (SSSR count). The average Bonchev–Trinajstić information content (AvgIpc) is 4.09. The number of primary amides is 1. The van der Waals surface area contributed by atoms with E-state index in [4.69, 9.17) is 32.1 Å². The van der Waals surface area contributed by atoms with Gasteiger partial charge in [0, 0.05) is 44.2 Å². The zero-order chi connectivity index (χ0) is 57.4. The molecule has 422 valence electrons. The van der Waals surface area contributed by atoms with Crippen molar-refractivity contribution in [2.75, 3.05) is 13.1 Å². The summed E-state index contributed by atoms with van der Waals surface area (Å²) in [5, 5.41) is 45.9. The van der Waals surface area contributed by atoms with Crippen LogP contribution in [0.5, 0.6) is 5.75 Å². The fourth-order valence-corrected chi connectivity index (χ4v) is 8.20. The van der Waals surface area contributed by atoms with Crippen molar-refractivity contribution in [2.45, 2.75) is 127 Å². The number of imidazole rings is 1. The third-order valence-electron chi connectivity index (χ3n) is 12.2. The van der Waals surface area contributed by atoms with Gasteiger partial charge in [-0.05, 0) is 60.8 Å². The molecule has 9 atom stereocenters. The lowest BCUT2D eigenvalue weighted by Crippen LogP contribution is -2.62. The SMILES string of the molecule is CC(C)[C@H](NC(=O)[C@H](CCCNC(=N)N)NC(=O)[C@@H](N)CC(N)=O)C(=O)N[C@@H](Cc1ccc(O)cc1)C(=O)N[C@H](C(=O)N[C@@H](Cc1cnc[nH]1)C(=O)N1CCC[C@H]1C(=O)N[C@@H](Cc1ccccc1)C(=O)O)C(C)C.O=[PH2]O. The molecule has 0 saturated carbocycles. The average molecular weight is 1100 g/mol. The summed E-state index contributed by atoms with van der Waals surface area (Å²) in [7, 11) is -1.50. The molecule has 1 unspecified atom stereocenters. The number of aliphatic carboxylic acids is 1. The molecule has 2 aromatic carbocycles. The number of likely N-dealkylation sites (tertiary alicyclic amines) is 1. The van der Waals surface area contributed by atoms with Gasteiger partial charge in [0.25, 0.3) is 0 Å². The van der Waals surface area contributed by atoms with E-state index in [9.17, 15) is 53.4 Å². The minimum absolute atomic E-state index is 0.000167. The number of aromatic hydroxyl groups is 1. The zero-order valence-electron chi connectivity index (χ0n) is 43.3. The summed E-state index contributed by atoms with van der Waals surface area (Å²) in [4.78, 5) is 137. The molecule has 1 aliphatic rings. The molecule has 2 heterocycles. The lowest BCUT2D eigenvalue weighted by Gasteiger charge is -2.31. The molecular formula is C49H73N14O13P. The van der Waals surface area contributed by atoms with Gasteiger partial charge in [0.15, 0.2) is 14.6 Å². The van der Waals surface area contributed by atoms with E-state index >= 15 is 0 Å². The van der Waals surface area contributed by atoms with Crippen LogP contribution in [-0.4, -0.2) is 151 Å². The van der Waals surface area contributed by atoms with Crippen LogP contribution in [-0.2, 0) is 67.0 Å². The number of hydrogen-bond donors (Lipinski definition) is 15. The summed E-state index contributed by atoms with van der Waals surface area (Å²) >= 11 is 0. The number of amides is 8. The number of carboxylic acids is 1. The van der Waals surface area contributed by atoms with Crippen molar-refractivity contribution in [3.8, 4) is 5.75 Å². The highest BCUT2D eigenvalue weighted by molar-refractivity contribution is 7.16. The van der Waals surface area contributed by atoms with E-state index in [2.05, 4.69) is 47.2 Å². The van der Waals surface area contributed by atoms with Gasteiger partial charge in [-0.15, -0.1) is 0 Å². The monoisotopic (exact) mass is 1100 g/mol. The lowest BCUT2D eigenvalue weighted by atomic mass is 9.98. The second-order valence-corrected chi connectivity index (χ2v) is 19.2. The van der Waals surface area contributed by atoms with Crippen molar-refractivity contribution in [1.29, 1.82) is 5.41 Å². The van der Waals surface area contributed by atoms with Gasteiger partial charge < -0.3 is 79.4 Å². The molecule has 0 radical (unpaired) electrons. The Labute approximate surface area is 446 Å². The lowest BCUT2D eigenvalue weighted by molar-refractivity contribution is -0.145. The molecule has 0 aliphatic carbocycles. The van der Waals surface area contributed by atoms with Gasteiger partial charge in [0.2, 0.25) is 47.3 Å². The first-order valence-electron chi connectivity index (χ1n) is 24.8. The summed E-state index contributed by atoms with van der Waals surface area (Å²) in [6, 6.07) is 4.15. The normalized spacial score (nSPS) is 15.8. The number of H-pyrrole nitrogens is 1. The molecule has 18 N–H and O–H groups in total. The number of nitrogens with two attached hydrogens (primary N) is 3. The third-order valence-corrected chi connectivity index (χ3v) is 12.2. The number of aromatic amines is 1. The first-order valence-corrected chi connectivity index (χ1v) is 25.8. The standard InChI is InChI=1S/C49H70N14O11.H3O2P/c1-26(2)39(61-42(67)33(12-8-18-55-49(52)53)57-41(66)32(50)23-38(51)65)45(70)58-34(20-29-14-16-31(64)17-15-29)43(68)62-40(27(3)4)46(71)59-35(22-30-24-54-25-56-30)47(72)63-19-9-13-37(63)44(69)60-36(48(73)74)21-28-10-6-5-7-11-28;1-3-2/h5-7,10-11,14-17,24-27,32-37,39-40,64H,8-9,12-13,18-23,50H2,1-4H3,(H2,51,65)(H,54,56)(H,57,66)(H,58,70)(H,59,71)(H,60,69)(H,61,67)(H,62,68)(H,73,74)(H4,52,53,55);3H2,(H,1,2)/t32-,33-,34-,35-,36-,37-,39-,40-;/m0./s1. The van der Waals surface area contributed by atoms with Crippen molar-refractivity contribution in [3.05, 3.63) is 83.9 Å². The summed E-state index contributed by atoms with van der Waals surface area (Å²) in [5.74, 6) is -9.18. The summed E-state index contributed by atoms with van der Waals surface area (Å²) in [5.41, 5.74) is 18.0. The van der Waals surface area contributed by atoms with Crippen LogP contribution < -0.4 is 54.4 Å². The molecule has 0 spiro atoms. The smallest absolute Gasteiger partial charge is 0.326 e. The van der Waals surface area contributed by atoms with Crippen molar-refractivity contribution in [2.24, 2.45) is 29.0 Å². The molecular weight excluding hydrogens is 1020 g/mol. The largest absolute Gasteiger partial charge is 0.508 e. The van der Waals surface area contributed by atoms with Crippen LogP contribution in [0.2, 0.25) is 0 Å². The van der Waals surface area contributed by atoms with Crippen LogP contribution in [0.4, 0.5) is 0 Å². The fourth-order valence-electron chi connectivity index (χ4n) is 8.20. The van der Waals surface area contributed by atoms with Crippen LogP contribution in [0.15, 0.2) is 67.1 Å². The zero-order valence-corrected chi connectivity index (χ0v) is 44.5. The van der Waals surface area contributed by atoms with Gasteiger partial charge in [-0.1, -0.05) is 70.2 Å². The number of carboxylic acid groups (broad SMARTS) is 1. The minimum Gasteiger partial charge on any atom is -0.508 e. The highest BCUT2D eigenvalue weighted by Crippen LogP contribution is 2.21. The number of phenols is 1. The summed E-state index contributed by atoms with van der Waals surface area (Å²) in [6.45, 7) is 6.82. The van der Waals surface area contributed by atoms with E-state index < -0.39 is 129 Å². The number of nitrogens with zero attached hydrogens (tertiary/aromatic N) is 2. The van der Waals surface area contributed by atoms with Crippen molar-refractivity contribution < 1.29 is 62.8 Å². The Bertz CT molecular complexity index is 2480. The van der Waals surface area contributed by atoms with Crippen LogP contribution in [0.25, 0.3) is 0 Å². The fraction of sp³-hybridized carbons (Fsp3) is 0.490. The van der Waals surface area contributed by atoms with Crippen LogP contribution in [0.1, 0.15) is 76.6 Å². The number of carbonyl (C=O) groups excluding carboxylic acids is 8. The number of carbonyl (C=O) groups is 9. The van der Waals surface area contributed by atoms with Gasteiger partial charge in [-0.25, -0.2) is 9.78 Å². The first-order chi connectivity index (χ1) is 36.4. The Hall–Kier alpha value is -7.90. The predicted molar refractivity (Wildman–Crippen MR) is 281 cm³/mol. The number of phenolic OH excluding ortho intramolecular Hbond substituents is 1. The molecule has 1 fully saturated rings. The van der Waals surface area contributed by atoms with E-state index in [1.165, 1.54) is 41.7 Å². The van der Waals surface area contributed by atoms with E-state index in [0.29, 0.717) is 23.2 Å². The molecule has 1 saturated heterocycles. The second-order valence-electron chi connectivity index (χ2n) is 18.9. The van der Waals surface area contributed by atoms with Crippen LogP contribution >= 0.6 is 8.69 Å². The maximum Gasteiger partial charge on any atom is 0.326 e. The third kappa shape index (κ3) is 21.3. The Balaban J connectivity index is 0.00000507. The van der Waals surface area contributed by atoms with Gasteiger partial charge >= 0.3 is 5.97 Å². The maximum atomic E-state index is 14.5. The van der Waals surface area contributed by atoms with Gasteiger partial charge in [0.05, 0.1) is 18.8 Å². The molecule has 8 amide bonds. The molecule has 27 nitrogen and oxygen atoms in total. The van der Waals surface area contributed by atoms with Crippen molar-refractivity contribution in [1.82, 2.24) is 52.1 Å². The topological polar surface area (TPSA) is 449 Å². The summed E-state index contributed by atoms with van der Waals surface area (Å²) in [6.07, 6.45) is 2.87. The Morgan fingerprint density at radius 3 is 1.83 bits per heavy atom. The highest BCUT2D eigenvalue weighted by atomic mass is 31.1. The highest BCUT2D eigenvalue weighted by Gasteiger charge is 2.41. The molecule has 1 aromatic heterocycles. The predicted octanol–water partition coefficient (Wildman–Crippen LogP) is -2.44. The van der Waals surface area contributed by atoms with Crippen LogP contribution in [0.3, 0.4) is 0 Å². The van der Waals surface area contributed by atoms with E-state index in [0.717, 1.165) is 0 Å². The van der Waals surface area contributed by atoms with Gasteiger partial charge in [0.1, 0.15) is 48.0 Å². The maximum absolute atomic E-state index is 14.5. The molecule has 28 heteroatoms. The molecule has 1 aliphatic heterocycles. The summed E-state index contributed by atoms with van der Waals surface area (Å²) < 4.78 is 8.57. The molecule has 77 heavy (non-hydrogen) atoms. The number of guanidine groups is 1. The van der Waals surface area contributed by atoms with Gasteiger partial charge in [-0.2, -0.15) is 0 Å². The molecule has 0 bridgehead atoms. The number of rotatable bonds is 28. The van der Waals surface area contributed by atoms with Crippen molar-refractivity contribution >= 4 is 67.9 Å². The van der Waals surface area contributed by atoms with Crippen LogP contribution in [0, 0.1) is 17.2 Å². The quantitative estimate of drug-likeness (QED) is 0.0155. The Morgan fingerprint density at radius 1 is 0.753 bits per heavy atom. The minimum atomic E-state index is -1.50. The second kappa shape index (κ2) is 31.9. The molecule has 3 aromatic rings. The van der Waals surface area contributed by atoms with E-state index in [1.54, 1.807) is 58.0 Å². The Morgan fingerprint density at radius 2 is 1.30 bits per heavy atom. The number of nitrogens with one attached hydrogen (secondary N) is 9.